The van der Waals surface area contributed by atoms with Gasteiger partial charge in [0.25, 0.3) is 0 Å². The van der Waals surface area contributed by atoms with E-state index >= 15 is 0 Å². The first-order chi connectivity index (χ1) is 10.1. The van der Waals surface area contributed by atoms with Gasteiger partial charge in [-0.1, -0.05) is 11.6 Å². The van der Waals surface area contributed by atoms with E-state index in [9.17, 15) is 4.79 Å². The second kappa shape index (κ2) is 8.10. The molecule has 5 nitrogen and oxygen atoms in total. The van der Waals surface area contributed by atoms with Gasteiger partial charge in [0, 0.05) is 11.6 Å². The third-order valence-corrected chi connectivity index (χ3v) is 3.60. The fraction of sp³-hybridized carbons (Fsp3) is 0.533. The molecule has 1 aromatic carbocycles. The van der Waals surface area contributed by atoms with E-state index in [1.807, 2.05) is 6.92 Å². The molecule has 2 unspecified atom stereocenters. The molecule has 1 fully saturated rings. The summed E-state index contributed by atoms with van der Waals surface area (Å²) in [6, 6.07) is 6.94. The van der Waals surface area contributed by atoms with Gasteiger partial charge in [0.2, 0.25) is 0 Å². The van der Waals surface area contributed by atoms with Crippen LogP contribution in [0.25, 0.3) is 0 Å². The van der Waals surface area contributed by atoms with Crippen molar-refractivity contribution in [1.82, 2.24) is 10.6 Å². The van der Waals surface area contributed by atoms with Crippen molar-refractivity contribution in [3.8, 4) is 5.75 Å². The van der Waals surface area contributed by atoms with Crippen LogP contribution in [0.5, 0.6) is 5.75 Å². The number of amides is 2. The molecule has 2 rings (SSSR count). The van der Waals surface area contributed by atoms with Crippen LogP contribution in [0.1, 0.15) is 19.8 Å². The molecule has 1 heterocycles. The van der Waals surface area contributed by atoms with Crippen LogP contribution in [0.2, 0.25) is 5.02 Å². The maximum Gasteiger partial charge on any atom is 0.315 e. The smallest absolute Gasteiger partial charge is 0.315 e. The van der Waals surface area contributed by atoms with E-state index in [0.717, 1.165) is 25.2 Å². The minimum absolute atomic E-state index is 0.0182. The first kappa shape index (κ1) is 15.9. The van der Waals surface area contributed by atoms with Crippen molar-refractivity contribution in [2.75, 3.05) is 19.8 Å². The molecule has 0 saturated carbocycles. The molecule has 2 N–H and O–H groups in total. The Morgan fingerprint density at radius 2 is 2.24 bits per heavy atom. The molecule has 116 valence electrons. The van der Waals surface area contributed by atoms with Crippen molar-refractivity contribution < 1.29 is 14.3 Å². The summed E-state index contributed by atoms with van der Waals surface area (Å²) in [4.78, 5) is 11.7. The van der Waals surface area contributed by atoms with Gasteiger partial charge < -0.3 is 20.1 Å². The molecule has 0 radical (unpaired) electrons. The lowest BCUT2D eigenvalue weighted by molar-refractivity contribution is 0.0860. The molecular weight excluding hydrogens is 292 g/mol. The maximum atomic E-state index is 11.7. The number of hydrogen-bond donors (Lipinski definition) is 2. The number of ether oxygens (including phenoxy) is 2. The summed E-state index contributed by atoms with van der Waals surface area (Å²) in [7, 11) is 0. The molecule has 0 aliphatic carbocycles. The molecule has 2 amide bonds. The molecule has 1 aromatic rings. The minimum Gasteiger partial charge on any atom is -0.492 e. The third-order valence-electron chi connectivity index (χ3n) is 3.35. The highest BCUT2D eigenvalue weighted by molar-refractivity contribution is 6.30. The molecule has 0 spiro atoms. The fourth-order valence-corrected chi connectivity index (χ4v) is 2.34. The van der Waals surface area contributed by atoms with E-state index < -0.39 is 0 Å². The van der Waals surface area contributed by atoms with Crippen molar-refractivity contribution in [3.63, 3.8) is 0 Å². The lowest BCUT2D eigenvalue weighted by atomic mass is 10.1. The summed E-state index contributed by atoms with van der Waals surface area (Å²) in [5, 5.41) is 6.31. The largest absolute Gasteiger partial charge is 0.492 e. The number of urea groups is 1. The van der Waals surface area contributed by atoms with E-state index in [-0.39, 0.29) is 18.2 Å². The molecule has 0 bridgehead atoms. The monoisotopic (exact) mass is 312 g/mol. The summed E-state index contributed by atoms with van der Waals surface area (Å²) in [5.74, 6) is 0.731. The van der Waals surface area contributed by atoms with Crippen molar-refractivity contribution >= 4 is 17.6 Å². The molecular formula is C15H21ClN2O3. The highest BCUT2D eigenvalue weighted by Gasteiger charge is 2.23. The van der Waals surface area contributed by atoms with Crippen LogP contribution >= 0.6 is 11.6 Å². The molecule has 1 aliphatic heterocycles. The number of carbonyl (C=O) groups is 1. The Labute approximate surface area is 130 Å². The summed E-state index contributed by atoms with van der Waals surface area (Å²) >= 11 is 5.79. The molecule has 1 saturated heterocycles. The van der Waals surface area contributed by atoms with Gasteiger partial charge in [0.15, 0.2) is 0 Å². The van der Waals surface area contributed by atoms with Gasteiger partial charge in [0.05, 0.1) is 18.7 Å². The van der Waals surface area contributed by atoms with Crippen molar-refractivity contribution in [3.05, 3.63) is 29.3 Å². The van der Waals surface area contributed by atoms with Crippen LogP contribution in [-0.2, 0) is 4.74 Å². The van der Waals surface area contributed by atoms with Gasteiger partial charge >= 0.3 is 6.03 Å². The number of halogens is 1. The van der Waals surface area contributed by atoms with E-state index in [0.29, 0.717) is 18.2 Å². The van der Waals surface area contributed by atoms with Gasteiger partial charge in [0.1, 0.15) is 12.4 Å². The Kier molecular flexibility index (Phi) is 6.14. The van der Waals surface area contributed by atoms with Gasteiger partial charge in [-0.2, -0.15) is 0 Å². The minimum atomic E-state index is -0.197. The van der Waals surface area contributed by atoms with Crippen LogP contribution < -0.4 is 15.4 Å². The Bertz CT molecular complexity index is 447. The summed E-state index contributed by atoms with van der Waals surface area (Å²) in [6.45, 7) is 3.59. The first-order valence-corrected chi connectivity index (χ1v) is 7.57. The van der Waals surface area contributed by atoms with Crippen molar-refractivity contribution in [2.24, 2.45) is 0 Å². The zero-order valence-electron chi connectivity index (χ0n) is 12.1. The highest BCUT2D eigenvalue weighted by atomic mass is 35.5. The second-order valence-corrected chi connectivity index (χ2v) is 5.48. The van der Waals surface area contributed by atoms with E-state index in [1.165, 1.54) is 0 Å². The molecule has 0 aromatic heterocycles. The second-order valence-electron chi connectivity index (χ2n) is 5.04. The van der Waals surface area contributed by atoms with Gasteiger partial charge in [-0.05, 0) is 44.0 Å². The molecule has 2 atom stereocenters. The average Bonchev–Trinajstić information content (AvgIpc) is 3.00. The number of hydrogen-bond acceptors (Lipinski definition) is 3. The quantitative estimate of drug-likeness (QED) is 0.794. The lowest BCUT2D eigenvalue weighted by Crippen LogP contribution is -2.46. The number of benzene rings is 1. The Hall–Kier alpha value is -1.46. The standard InChI is InChI=1S/C15H21ClN2O3/c1-11(14-3-2-9-21-14)18-15(19)17-8-10-20-13-6-4-12(16)5-7-13/h4-7,11,14H,2-3,8-10H2,1H3,(H2,17,18,19). The Morgan fingerprint density at radius 3 is 2.90 bits per heavy atom. The Morgan fingerprint density at radius 1 is 1.48 bits per heavy atom. The lowest BCUT2D eigenvalue weighted by Gasteiger charge is -2.20. The predicted octanol–water partition coefficient (Wildman–Crippen LogP) is 2.59. The summed E-state index contributed by atoms with van der Waals surface area (Å²) in [5.41, 5.74) is 0. The van der Waals surface area contributed by atoms with Crippen molar-refractivity contribution in [2.45, 2.75) is 31.9 Å². The van der Waals surface area contributed by atoms with Crippen LogP contribution in [0.4, 0.5) is 4.79 Å². The van der Waals surface area contributed by atoms with Gasteiger partial charge in [-0.25, -0.2) is 4.79 Å². The van der Waals surface area contributed by atoms with Crippen LogP contribution in [0.15, 0.2) is 24.3 Å². The number of carbonyl (C=O) groups excluding carboxylic acids is 1. The Balaban J connectivity index is 1.59. The van der Waals surface area contributed by atoms with E-state index in [4.69, 9.17) is 21.1 Å². The number of rotatable bonds is 6. The zero-order chi connectivity index (χ0) is 15.1. The normalized spacial score (nSPS) is 19.0. The maximum absolute atomic E-state index is 11.7. The topological polar surface area (TPSA) is 59.6 Å². The van der Waals surface area contributed by atoms with Crippen LogP contribution in [0.3, 0.4) is 0 Å². The fourth-order valence-electron chi connectivity index (χ4n) is 2.21. The van der Waals surface area contributed by atoms with Gasteiger partial charge in [-0.15, -0.1) is 0 Å². The average molecular weight is 313 g/mol. The first-order valence-electron chi connectivity index (χ1n) is 7.19. The van der Waals surface area contributed by atoms with Gasteiger partial charge in [-0.3, -0.25) is 0 Å². The summed E-state index contributed by atoms with van der Waals surface area (Å²) in [6.07, 6.45) is 2.19. The molecule has 6 heteroatoms. The van der Waals surface area contributed by atoms with E-state index in [1.54, 1.807) is 24.3 Å². The molecule has 1 aliphatic rings. The van der Waals surface area contributed by atoms with Crippen molar-refractivity contribution in [1.29, 1.82) is 0 Å². The van der Waals surface area contributed by atoms with Crippen LogP contribution in [0, 0.1) is 0 Å². The SMILES string of the molecule is CC(NC(=O)NCCOc1ccc(Cl)cc1)C1CCCO1. The predicted molar refractivity (Wildman–Crippen MR) is 81.9 cm³/mol. The van der Waals surface area contributed by atoms with E-state index in [2.05, 4.69) is 10.6 Å². The molecule has 21 heavy (non-hydrogen) atoms. The third kappa shape index (κ3) is 5.44. The zero-order valence-corrected chi connectivity index (χ0v) is 12.9. The van der Waals surface area contributed by atoms with Crippen LogP contribution in [-0.4, -0.2) is 37.9 Å². The summed E-state index contributed by atoms with van der Waals surface area (Å²) < 4.78 is 11.0. The number of nitrogens with one attached hydrogen (secondary N) is 2. The highest BCUT2D eigenvalue weighted by Crippen LogP contribution is 2.16.